The van der Waals surface area contributed by atoms with E-state index in [1.807, 2.05) is 38.1 Å². The second kappa shape index (κ2) is 5.04. The lowest BCUT2D eigenvalue weighted by Gasteiger charge is -2.19. The summed E-state index contributed by atoms with van der Waals surface area (Å²) in [6.07, 6.45) is 2.40. The molecular weight excluding hydrogens is 228 g/mol. The maximum Gasteiger partial charge on any atom is 0.328 e. The number of aromatic nitrogens is 1. The van der Waals surface area contributed by atoms with Crippen LogP contribution in [-0.4, -0.2) is 34.9 Å². The first-order valence-corrected chi connectivity index (χ1v) is 6.07. The van der Waals surface area contributed by atoms with E-state index in [-0.39, 0.29) is 6.03 Å². The molecule has 0 fully saturated rings. The van der Waals surface area contributed by atoms with Gasteiger partial charge < -0.3 is 4.90 Å². The first-order valence-electron chi connectivity index (χ1n) is 6.07. The maximum atomic E-state index is 12.3. The summed E-state index contributed by atoms with van der Waals surface area (Å²) in [7, 11) is 0. The predicted octanol–water partition coefficient (Wildman–Crippen LogP) is 2.76. The first-order chi connectivity index (χ1) is 8.72. The van der Waals surface area contributed by atoms with Crippen LogP contribution < -0.4 is 0 Å². The summed E-state index contributed by atoms with van der Waals surface area (Å²) in [5, 5.41) is 0.813. The molecular formula is C14H16N2O2. The number of hydrogen-bond donors (Lipinski definition) is 0. The second-order valence-electron chi connectivity index (χ2n) is 4.04. The zero-order chi connectivity index (χ0) is 13.1. The topological polar surface area (TPSA) is 42.3 Å². The molecule has 1 amide bonds. The number of hydrogen-bond acceptors (Lipinski definition) is 2. The van der Waals surface area contributed by atoms with E-state index in [9.17, 15) is 9.59 Å². The third-order valence-corrected chi connectivity index (χ3v) is 3.11. The van der Waals surface area contributed by atoms with E-state index in [4.69, 9.17) is 0 Å². The molecule has 0 radical (unpaired) electrons. The van der Waals surface area contributed by atoms with E-state index in [2.05, 4.69) is 0 Å². The van der Waals surface area contributed by atoms with Gasteiger partial charge >= 0.3 is 6.03 Å². The van der Waals surface area contributed by atoms with Crippen molar-refractivity contribution in [3.8, 4) is 0 Å². The molecule has 1 aromatic heterocycles. The lowest BCUT2D eigenvalue weighted by atomic mass is 10.2. The lowest BCUT2D eigenvalue weighted by molar-refractivity contribution is 0.112. The van der Waals surface area contributed by atoms with Crippen molar-refractivity contribution < 1.29 is 9.59 Å². The van der Waals surface area contributed by atoms with Gasteiger partial charge in [0.25, 0.3) is 0 Å². The SMILES string of the molecule is CCN(CC)C(=O)n1cc(C=O)c2ccccc21. The van der Waals surface area contributed by atoms with Crippen molar-refractivity contribution in [1.29, 1.82) is 0 Å². The van der Waals surface area contributed by atoms with Crippen LogP contribution in [0.2, 0.25) is 0 Å². The minimum Gasteiger partial charge on any atom is -0.325 e. The van der Waals surface area contributed by atoms with Gasteiger partial charge in [-0.25, -0.2) is 4.79 Å². The highest BCUT2D eigenvalue weighted by atomic mass is 16.2. The molecule has 2 aromatic rings. The Balaban J connectivity index is 2.57. The first kappa shape index (κ1) is 12.4. The minimum absolute atomic E-state index is 0.0932. The fourth-order valence-electron chi connectivity index (χ4n) is 2.10. The molecule has 1 heterocycles. The minimum atomic E-state index is -0.0932. The number of carbonyl (C=O) groups excluding carboxylic acids is 2. The molecule has 0 bridgehead atoms. The largest absolute Gasteiger partial charge is 0.328 e. The van der Waals surface area contributed by atoms with Crippen molar-refractivity contribution in [2.24, 2.45) is 0 Å². The Labute approximate surface area is 106 Å². The summed E-state index contributed by atoms with van der Waals surface area (Å²) in [6.45, 7) is 5.18. The summed E-state index contributed by atoms with van der Waals surface area (Å²) in [5.74, 6) is 0. The van der Waals surface area contributed by atoms with Crippen LogP contribution in [0.5, 0.6) is 0 Å². The van der Waals surface area contributed by atoms with Gasteiger partial charge in [0.2, 0.25) is 0 Å². The van der Waals surface area contributed by atoms with E-state index in [1.165, 1.54) is 0 Å². The van der Waals surface area contributed by atoms with Crippen LogP contribution in [0.4, 0.5) is 4.79 Å². The van der Waals surface area contributed by atoms with Crippen molar-refractivity contribution in [2.45, 2.75) is 13.8 Å². The van der Waals surface area contributed by atoms with Gasteiger partial charge in [0, 0.05) is 30.2 Å². The Bertz CT molecular complexity index is 582. The van der Waals surface area contributed by atoms with Crippen molar-refractivity contribution in [1.82, 2.24) is 9.47 Å². The van der Waals surface area contributed by atoms with Crippen molar-refractivity contribution in [2.75, 3.05) is 13.1 Å². The predicted molar refractivity (Wildman–Crippen MR) is 71.0 cm³/mol. The van der Waals surface area contributed by atoms with E-state index < -0.39 is 0 Å². The van der Waals surface area contributed by atoms with Gasteiger partial charge in [0.1, 0.15) is 0 Å². The zero-order valence-electron chi connectivity index (χ0n) is 10.6. The molecule has 0 saturated heterocycles. The second-order valence-corrected chi connectivity index (χ2v) is 4.04. The Hall–Kier alpha value is -2.10. The fraction of sp³-hybridized carbons (Fsp3) is 0.286. The standard InChI is InChI=1S/C14H16N2O2/c1-3-15(4-2)14(18)16-9-11(10-17)12-7-5-6-8-13(12)16/h5-10H,3-4H2,1-2H3. The number of para-hydroxylation sites is 1. The van der Waals surface area contributed by atoms with Crippen LogP contribution in [0.3, 0.4) is 0 Å². The van der Waals surface area contributed by atoms with Gasteiger partial charge in [-0.1, -0.05) is 18.2 Å². The Morgan fingerprint density at radius 2 is 1.94 bits per heavy atom. The van der Waals surface area contributed by atoms with Crippen LogP contribution in [0, 0.1) is 0 Å². The average molecular weight is 244 g/mol. The van der Waals surface area contributed by atoms with Crippen LogP contribution in [0.25, 0.3) is 10.9 Å². The Morgan fingerprint density at radius 3 is 2.56 bits per heavy atom. The van der Waals surface area contributed by atoms with E-state index in [1.54, 1.807) is 15.7 Å². The summed E-state index contributed by atoms with van der Waals surface area (Å²) >= 11 is 0. The quantitative estimate of drug-likeness (QED) is 0.779. The van der Waals surface area contributed by atoms with Gasteiger partial charge in [-0.2, -0.15) is 0 Å². The number of fused-ring (bicyclic) bond motifs is 1. The highest BCUT2D eigenvalue weighted by Crippen LogP contribution is 2.20. The summed E-state index contributed by atoms with van der Waals surface area (Å²) in [4.78, 5) is 25.1. The molecule has 0 spiro atoms. The zero-order valence-corrected chi connectivity index (χ0v) is 10.6. The van der Waals surface area contributed by atoms with Crippen LogP contribution in [-0.2, 0) is 0 Å². The number of nitrogens with zero attached hydrogens (tertiary/aromatic N) is 2. The molecule has 0 aliphatic carbocycles. The lowest BCUT2D eigenvalue weighted by Crippen LogP contribution is -2.33. The molecule has 1 aromatic carbocycles. The smallest absolute Gasteiger partial charge is 0.325 e. The molecule has 2 rings (SSSR count). The number of rotatable bonds is 3. The monoisotopic (exact) mass is 244 g/mol. The van der Waals surface area contributed by atoms with Crippen LogP contribution in [0.1, 0.15) is 24.2 Å². The van der Waals surface area contributed by atoms with Crippen LogP contribution >= 0.6 is 0 Å². The third kappa shape index (κ3) is 1.90. The molecule has 0 N–H and O–H groups in total. The molecule has 94 valence electrons. The highest BCUT2D eigenvalue weighted by Gasteiger charge is 2.16. The number of aldehydes is 1. The van der Waals surface area contributed by atoms with Gasteiger partial charge in [-0.15, -0.1) is 0 Å². The number of amides is 1. The van der Waals surface area contributed by atoms with Gasteiger partial charge in [-0.3, -0.25) is 9.36 Å². The molecule has 0 saturated carbocycles. The van der Waals surface area contributed by atoms with Gasteiger partial charge in [-0.05, 0) is 19.9 Å². The maximum absolute atomic E-state index is 12.3. The molecule has 4 heteroatoms. The van der Waals surface area contributed by atoms with Gasteiger partial charge in [0.05, 0.1) is 5.52 Å². The Kier molecular flexibility index (Phi) is 3.46. The van der Waals surface area contributed by atoms with E-state index in [0.29, 0.717) is 18.7 Å². The molecule has 0 aliphatic heterocycles. The molecule has 4 nitrogen and oxygen atoms in total. The molecule has 0 unspecified atom stereocenters. The van der Waals surface area contributed by atoms with Crippen molar-refractivity contribution in [3.63, 3.8) is 0 Å². The van der Waals surface area contributed by atoms with Crippen molar-refractivity contribution >= 4 is 23.2 Å². The normalized spacial score (nSPS) is 10.6. The highest BCUT2D eigenvalue weighted by molar-refractivity contribution is 6.02. The van der Waals surface area contributed by atoms with Crippen molar-refractivity contribution in [3.05, 3.63) is 36.0 Å². The summed E-state index contributed by atoms with van der Waals surface area (Å²) in [6, 6.07) is 7.34. The fourth-order valence-corrected chi connectivity index (χ4v) is 2.10. The average Bonchev–Trinajstić information content (AvgIpc) is 2.78. The molecule has 0 atom stereocenters. The molecule has 18 heavy (non-hydrogen) atoms. The van der Waals surface area contributed by atoms with E-state index in [0.717, 1.165) is 17.2 Å². The number of benzene rings is 1. The Morgan fingerprint density at radius 1 is 1.28 bits per heavy atom. The molecule has 0 aliphatic rings. The summed E-state index contributed by atoms with van der Waals surface area (Å²) in [5.41, 5.74) is 1.32. The van der Waals surface area contributed by atoms with Gasteiger partial charge in [0.15, 0.2) is 6.29 Å². The van der Waals surface area contributed by atoms with E-state index >= 15 is 0 Å². The van der Waals surface area contributed by atoms with Crippen LogP contribution in [0.15, 0.2) is 30.5 Å². The summed E-state index contributed by atoms with van der Waals surface area (Å²) < 4.78 is 1.55. The number of carbonyl (C=O) groups is 2. The third-order valence-electron chi connectivity index (χ3n) is 3.11.